The molecule has 5 unspecified atom stereocenters. The minimum absolute atomic E-state index is 0.0899. The fourth-order valence-corrected chi connectivity index (χ4v) is 12.8. The number of rotatable bonds is 79. The van der Waals surface area contributed by atoms with Crippen LogP contribution in [-0.2, 0) is 55.8 Å². The lowest BCUT2D eigenvalue weighted by Crippen LogP contribution is -2.30. The molecule has 0 spiro atoms. The van der Waals surface area contributed by atoms with Gasteiger partial charge < -0.3 is 34.2 Å². The first kappa shape index (κ1) is 102. The zero-order chi connectivity index (χ0) is 78.0. The van der Waals surface area contributed by atoms with E-state index in [-0.39, 0.29) is 19.3 Å². The quantitative estimate of drug-likeness (QED) is 0.0146. The van der Waals surface area contributed by atoms with E-state index in [1.54, 1.807) is 0 Å². The zero-order valence-electron chi connectivity index (χ0n) is 67.3. The summed E-state index contributed by atoms with van der Waals surface area (Å²) in [5.74, 6) is -1.59. The molecule has 16 nitrogen and oxygen atoms in total. The van der Waals surface area contributed by atoms with Gasteiger partial charge in [0.1, 0.15) is 25.4 Å². The van der Waals surface area contributed by atoms with Gasteiger partial charge in [0.2, 0.25) is 0 Å². The monoisotopic (exact) mass is 1540 g/mol. The molecule has 0 saturated heterocycles. The van der Waals surface area contributed by atoms with Crippen LogP contribution in [0.1, 0.15) is 342 Å². The Balaban J connectivity index is 4.60. The van der Waals surface area contributed by atoms with E-state index in [0.717, 1.165) is 173 Å². The maximum absolute atomic E-state index is 13.0. The summed E-state index contributed by atoms with van der Waals surface area (Å²) in [4.78, 5) is 58.8. The van der Waals surface area contributed by atoms with Crippen LogP contribution in [0.4, 0.5) is 0 Å². The molecule has 4 N–H and O–H groups in total. The summed E-state index contributed by atoms with van der Waals surface area (Å²) in [6, 6.07) is 0. The molecule has 614 valence electrons. The second-order valence-corrected chi connectivity index (χ2v) is 30.8. The molecule has 0 amide bonds. The van der Waals surface area contributed by atoms with E-state index in [1.165, 1.54) is 109 Å². The first-order valence-electron chi connectivity index (χ1n) is 42.1. The second-order valence-electron chi connectivity index (χ2n) is 27.9. The number of allylic oxidation sites excluding steroid dienone is 24. The van der Waals surface area contributed by atoms with Gasteiger partial charge in [-0.3, -0.25) is 32.5 Å². The van der Waals surface area contributed by atoms with Crippen molar-refractivity contribution in [2.45, 2.75) is 360 Å². The van der Waals surface area contributed by atoms with E-state index >= 15 is 0 Å². The van der Waals surface area contributed by atoms with Crippen LogP contribution in [0, 0.1) is 0 Å². The number of aliphatic hydroxyl groups is 2. The minimum Gasteiger partial charge on any atom is -0.463 e. The van der Waals surface area contributed by atoms with Crippen LogP contribution >= 0.6 is 15.6 Å². The molecule has 0 aromatic heterocycles. The highest BCUT2D eigenvalue weighted by molar-refractivity contribution is 7.47. The Morgan fingerprint density at radius 2 is 0.495 bits per heavy atom. The highest BCUT2D eigenvalue weighted by atomic mass is 31.2. The number of aliphatic hydroxyl groups excluding tert-OH is 2. The van der Waals surface area contributed by atoms with Gasteiger partial charge >= 0.3 is 33.6 Å². The summed E-state index contributed by atoms with van der Waals surface area (Å²) in [7, 11) is -9.80. The molecule has 107 heavy (non-hydrogen) atoms. The Labute approximate surface area is 651 Å². The average molecular weight is 1540 g/mol. The van der Waals surface area contributed by atoms with Crippen molar-refractivity contribution in [3.8, 4) is 0 Å². The first-order chi connectivity index (χ1) is 52.2. The number of unbranched alkanes of at least 4 members (excludes halogenated alkanes) is 32. The topological polar surface area (TPSA) is 231 Å². The highest BCUT2D eigenvalue weighted by Crippen LogP contribution is 2.45. The van der Waals surface area contributed by atoms with Crippen LogP contribution in [-0.4, -0.2) is 95.9 Å². The molecule has 0 aliphatic rings. The van der Waals surface area contributed by atoms with E-state index in [1.807, 2.05) is 0 Å². The third kappa shape index (κ3) is 82.2. The normalized spacial score (nSPS) is 14.6. The van der Waals surface area contributed by atoms with Crippen LogP contribution in [0.25, 0.3) is 0 Å². The molecule has 5 atom stereocenters. The lowest BCUT2D eigenvalue weighted by Gasteiger charge is -2.21. The van der Waals surface area contributed by atoms with Crippen molar-refractivity contribution in [2.75, 3.05) is 39.6 Å². The number of hydrogen-bond donors (Lipinski definition) is 4. The zero-order valence-corrected chi connectivity index (χ0v) is 69.1. The molecule has 0 fully saturated rings. The van der Waals surface area contributed by atoms with Crippen LogP contribution in [0.5, 0.6) is 0 Å². The standard InChI is InChI=1S/C89H152O16P2/c1-4-7-10-13-16-19-22-25-28-31-33-35-37-39-41-43-45-47-49-52-54-57-60-63-66-69-72-75-87(92)99-78-84(90)79-101-106(95,96)102-80-85(91)81-103-107(97,98)104-83-86(105-89(94)77-74-71-68-65-62-59-56-51-30-27-24-21-18-15-12-9-6-3)82-100-88(93)76-73-70-67-64-61-58-55-53-50-48-46-44-42-40-38-36-34-32-29-26-23-20-17-14-11-8-5-2/h7,9-10,12,16-21,25-30,33-36,39-42,84-86,90-91H,4-6,8,11,13-15,22-24,31-32,37-38,43-83H2,1-3H3,(H,95,96)(H,97,98)/b10-7-,12-9-,19-16-,20-17-,21-18-,28-25-,29-26-,30-27-,35-33-,36-34-,41-39-,42-40-. The fourth-order valence-electron chi connectivity index (χ4n) is 11.2. The number of carbonyl (C=O) groups excluding carboxylic acids is 3. The maximum Gasteiger partial charge on any atom is 0.472 e. The number of phosphoric acid groups is 2. The molecule has 0 rings (SSSR count). The van der Waals surface area contributed by atoms with Gasteiger partial charge in [0, 0.05) is 19.3 Å². The SMILES string of the molecule is CC/C=C\C/C=C\C/C=C\C/C=C\C/C=C\CCCCCCCCCCCCCC(=O)OCC(O)COP(=O)(O)OCC(O)COP(=O)(O)OCC(COC(=O)CCCCCCCCCCCCC/C=C\C/C=C\C/C=C\C/C=C\CCCCC)OC(=O)CCCCCCCCC/C=C\C/C=C\C/C=C\CC. The molecule has 0 saturated carbocycles. The molecule has 0 aromatic rings. The van der Waals surface area contributed by atoms with Gasteiger partial charge in [-0.2, -0.15) is 0 Å². The smallest absolute Gasteiger partial charge is 0.463 e. The lowest BCUT2D eigenvalue weighted by atomic mass is 10.0. The van der Waals surface area contributed by atoms with Gasteiger partial charge in [0.15, 0.2) is 6.10 Å². The second kappa shape index (κ2) is 80.9. The van der Waals surface area contributed by atoms with Gasteiger partial charge in [-0.15, -0.1) is 0 Å². The molecular weight excluding hydrogens is 1390 g/mol. The fraction of sp³-hybridized carbons (Fsp3) is 0.697. The Bertz CT molecular complexity index is 2530. The molecule has 0 aromatic carbocycles. The number of carbonyl (C=O) groups is 3. The van der Waals surface area contributed by atoms with E-state index in [2.05, 4.69) is 167 Å². The van der Waals surface area contributed by atoms with Crippen molar-refractivity contribution in [3.63, 3.8) is 0 Å². The molecule has 0 bridgehead atoms. The Morgan fingerprint density at radius 1 is 0.271 bits per heavy atom. The molecule has 18 heteroatoms. The van der Waals surface area contributed by atoms with Crippen LogP contribution < -0.4 is 0 Å². The van der Waals surface area contributed by atoms with E-state index < -0.39 is 91.5 Å². The predicted molar refractivity (Wildman–Crippen MR) is 445 cm³/mol. The maximum atomic E-state index is 13.0. The number of phosphoric ester groups is 2. The number of hydrogen-bond acceptors (Lipinski definition) is 14. The van der Waals surface area contributed by atoms with Gasteiger partial charge in [-0.25, -0.2) is 9.13 Å². The summed E-state index contributed by atoms with van der Waals surface area (Å²) in [6.45, 7) is 2.44. The summed E-state index contributed by atoms with van der Waals surface area (Å²) in [5, 5.41) is 20.7. The minimum atomic E-state index is -4.94. The van der Waals surface area contributed by atoms with Crippen LogP contribution in [0.15, 0.2) is 146 Å². The molecule has 0 aliphatic carbocycles. The van der Waals surface area contributed by atoms with Gasteiger partial charge in [0.05, 0.1) is 26.4 Å². The van der Waals surface area contributed by atoms with Gasteiger partial charge in [-0.1, -0.05) is 327 Å². The highest BCUT2D eigenvalue weighted by Gasteiger charge is 2.29. The van der Waals surface area contributed by atoms with Crippen molar-refractivity contribution in [3.05, 3.63) is 146 Å². The van der Waals surface area contributed by atoms with E-state index in [9.17, 15) is 43.5 Å². The number of ether oxygens (including phenoxy) is 3. The summed E-state index contributed by atoms with van der Waals surface area (Å²) >= 11 is 0. The van der Waals surface area contributed by atoms with E-state index in [4.69, 9.17) is 32.3 Å². The summed E-state index contributed by atoms with van der Waals surface area (Å²) in [5.41, 5.74) is 0. The van der Waals surface area contributed by atoms with Crippen molar-refractivity contribution in [2.24, 2.45) is 0 Å². The summed E-state index contributed by atoms with van der Waals surface area (Å²) in [6.07, 6.45) is 100. The number of esters is 3. The van der Waals surface area contributed by atoms with Crippen LogP contribution in [0.3, 0.4) is 0 Å². The molecule has 0 heterocycles. The van der Waals surface area contributed by atoms with Crippen LogP contribution in [0.2, 0.25) is 0 Å². The largest absolute Gasteiger partial charge is 0.472 e. The van der Waals surface area contributed by atoms with Crippen molar-refractivity contribution >= 4 is 33.6 Å². The molecular formula is C89H152O16P2. The molecule has 0 aliphatic heterocycles. The Morgan fingerprint density at radius 3 is 0.785 bits per heavy atom. The third-order valence-electron chi connectivity index (χ3n) is 17.5. The van der Waals surface area contributed by atoms with Gasteiger partial charge in [-0.05, 0) is 141 Å². The third-order valence-corrected chi connectivity index (χ3v) is 19.4. The Hall–Kier alpha value is -4.57. The summed E-state index contributed by atoms with van der Waals surface area (Å²) < 4.78 is 61.3. The van der Waals surface area contributed by atoms with Gasteiger partial charge in [0.25, 0.3) is 0 Å². The molecule has 0 radical (unpaired) electrons. The van der Waals surface area contributed by atoms with Crippen molar-refractivity contribution in [1.82, 2.24) is 0 Å². The Kier molecular flexibility index (Phi) is 77.5. The lowest BCUT2D eigenvalue weighted by molar-refractivity contribution is -0.161. The predicted octanol–water partition coefficient (Wildman–Crippen LogP) is 25.2. The first-order valence-corrected chi connectivity index (χ1v) is 45.1. The van der Waals surface area contributed by atoms with Crippen molar-refractivity contribution < 1.29 is 75.8 Å². The average Bonchev–Trinajstić information content (AvgIpc) is 0.908. The van der Waals surface area contributed by atoms with E-state index in [0.29, 0.717) is 19.3 Å². The van der Waals surface area contributed by atoms with Crippen molar-refractivity contribution in [1.29, 1.82) is 0 Å².